The lowest BCUT2D eigenvalue weighted by molar-refractivity contribution is -0.145. The van der Waals surface area contributed by atoms with Gasteiger partial charge in [-0.05, 0) is 31.0 Å². The van der Waals surface area contributed by atoms with Crippen molar-refractivity contribution < 1.29 is 14.7 Å². The number of carbonyl (C=O) groups is 2. The molecule has 0 saturated carbocycles. The van der Waals surface area contributed by atoms with Crippen molar-refractivity contribution in [2.45, 2.75) is 25.7 Å². The molecule has 1 atom stereocenters. The Morgan fingerprint density at radius 2 is 1.64 bits per heavy atom. The van der Waals surface area contributed by atoms with E-state index in [9.17, 15) is 14.7 Å². The van der Waals surface area contributed by atoms with Gasteiger partial charge in [-0.3, -0.25) is 9.59 Å². The first-order valence-corrected chi connectivity index (χ1v) is 7.08. The van der Waals surface area contributed by atoms with Crippen LogP contribution in [0.25, 0.3) is 0 Å². The fraction of sp³-hybridized carbons (Fsp3) is 0.222. The molecule has 1 amide bonds. The zero-order chi connectivity index (χ0) is 16.2. The van der Waals surface area contributed by atoms with E-state index in [0.717, 1.165) is 5.56 Å². The van der Waals surface area contributed by atoms with Gasteiger partial charge in [-0.1, -0.05) is 48.5 Å². The van der Waals surface area contributed by atoms with Gasteiger partial charge in [0.1, 0.15) is 0 Å². The first kappa shape index (κ1) is 15.8. The molecule has 4 nitrogen and oxygen atoms in total. The number of nitrogens with one attached hydrogen (secondary N) is 1. The Labute approximate surface area is 129 Å². The Bertz CT molecular complexity index is 682. The topological polar surface area (TPSA) is 66.4 Å². The van der Waals surface area contributed by atoms with E-state index in [1.165, 1.54) is 0 Å². The van der Waals surface area contributed by atoms with Crippen molar-refractivity contribution in [3.8, 4) is 0 Å². The van der Waals surface area contributed by atoms with Gasteiger partial charge < -0.3 is 10.4 Å². The SMILES string of the molecule is Cc1ccccc1NC(=O)CC(C)(C(=O)O)c1ccccc1. The third-order valence-electron chi connectivity index (χ3n) is 3.82. The number of benzene rings is 2. The highest BCUT2D eigenvalue weighted by Crippen LogP contribution is 2.28. The molecule has 0 heterocycles. The third kappa shape index (κ3) is 3.34. The number of amides is 1. The molecule has 0 aromatic heterocycles. The second kappa shape index (κ2) is 6.43. The number of hydrogen-bond donors (Lipinski definition) is 2. The normalized spacial score (nSPS) is 13.2. The second-order valence-corrected chi connectivity index (χ2v) is 5.54. The molecule has 0 bridgehead atoms. The van der Waals surface area contributed by atoms with E-state index in [2.05, 4.69) is 5.32 Å². The summed E-state index contributed by atoms with van der Waals surface area (Å²) < 4.78 is 0. The molecule has 0 aliphatic rings. The van der Waals surface area contributed by atoms with Crippen molar-refractivity contribution in [1.29, 1.82) is 0 Å². The van der Waals surface area contributed by atoms with Crippen LogP contribution in [0.3, 0.4) is 0 Å². The average Bonchev–Trinajstić information content (AvgIpc) is 2.50. The predicted molar refractivity (Wildman–Crippen MR) is 85.9 cm³/mol. The Morgan fingerprint density at radius 3 is 2.23 bits per heavy atom. The van der Waals surface area contributed by atoms with Crippen molar-refractivity contribution in [2.75, 3.05) is 5.32 Å². The van der Waals surface area contributed by atoms with Crippen LogP contribution in [-0.2, 0) is 15.0 Å². The summed E-state index contributed by atoms with van der Waals surface area (Å²) in [5, 5.41) is 12.4. The summed E-state index contributed by atoms with van der Waals surface area (Å²) in [4.78, 5) is 24.0. The monoisotopic (exact) mass is 297 g/mol. The molecule has 0 aliphatic carbocycles. The van der Waals surface area contributed by atoms with Crippen molar-refractivity contribution in [2.24, 2.45) is 0 Å². The van der Waals surface area contributed by atoms with Crippen LogP contribution in [-0.4, -0.2) is 17.0 Å². The van der Waals surface area contributed by atoms with Gasteiger partial charge in [0, 0.05) is 12.1 Å². The molecular formula is C18H19NO3. The summed E-state index contributed by atoms with van der Waals surface area (Å²) in [6, 6.07) is 16.2. The van der Waals surface area contributed by atoms with Gasteiger partial charge in [-0.2, -0.15) is 0 Å². The second-order valence-electron chi connectivity index (χ2n) is 5.54. The summed E-state index contributed by atoms with van der Waals surface area (Å²) in [6.45, 7) is 3.46. The van der Waals surface area contributed by atoms with Crippen molar-refractivity contribution in [3.63, 3.8) is 0 Å². The Kier molecular flexibility index (Phi) is 4.61. The number of carboxylic acids is 1. The van der Waals surface area contributed by atoms with Gasteiger partial charge in [0.25, 0.3) is 0 Å². The minimum atomic E-state index is -1.26. The highest BCUT2D eigenvalue weighted by molar-refractivity contribution is 5.96. The number of aryl methyl sites for hydroxylation is 1. The first-order valence-electron chi connectivity index (χ1n) is 7.08. The average molecular weight is 297 g/mol. The number of anilines is 1. The highest BCUT2D eigenvalue weighted by Gasteiger charge is 2.37. The number of carbonyl (C=O) groups excluding carboxylic acids is 1. The van der Waals surface area contributed by atoms with Gasteiger partial charge in [-0.25, -0.2) is 0 Å². The molecule has 0 radical (unpaired) electrons. The Balaban J connectivity index is 2.20. The molecule has 0 saturated heterocycles. The molecule has 0 spiro atoms. The number of carboxylic acid groups (broad SMARTS) is 1. The zero-order valence-electron chi connectivity index (χ0n) is 12.7. The van der Waals surface area contributed by atoms with Gasteiger partial charge in [0.05, 0.1) is 5.41 Å². The van der Waals surface area contributed by atoms with E-state index < -0.39 is 11.4 Å². The van der Waals surface area contributed by atoms with Crippen LogP contribution in [0.1, 0.15) is 24.5 Å². The minimum absolute atomic E-state index is 0.124. The fourth-order valence-corrected chi connectivity index (χ4v) is 2.34. The largest absolute Gasteiger partial charge is 0.481 e. The Morgan fingerprint density at radius 1 is 1.05 bits per heavy atom. The lowest BCUT2D eigenvalue weighted by Crippen LogP contribution is -2.36. The number of rotatable bonds is 5. The smallest absolute Gasteiger partial charge is 0.314 e. The van der Waals surface area contributed by atoms with Crippen LogP contribution in [0.4, 0.5) is 5.69 Å². The summed E-state index contributed by atoms with van der Waals surface area (Å²) in [6.07, 6.45) is -0.124. The molecule has 1 unspecified atom stereocenters. The maximum absolute atomic E-state index is 12.3. The maximum atomic E-state index is 12.3. The third-order valence-corrected chi connectivity index (χ3v) is 3.82. The minimum Gasteiger partial charge on any atom is -0.481 e. The van der Waals surface area contributed by atoms with Crippen molar-refractivity contribution in [1.82, 2.24) is 0 Å². The molecule has 4 heteroatoms. The summed E-state index contributed by atoms with van der Waals surface area (Å²) in [5.74, 6) is -1.33. The van der Waals surface area contributed by atoms with Gasteiger partial charge in [-0.15, -0.1) is 0 Å². The summed E-state index contributed by atoms with van der Waals surface area (Å²) in [7, 11) is 0. The quantitative estimate of drug-likeness (QED) is 0.889. The highest BCUT2D eigenvalue weighted by atomic mass is 16.4. The lowest BCUT2D eigenvalue weighted by Gasteiger charge is -2.25. The van der Waals surface area contributed by atoms with Crippen LogP contribution in [0, 0.1) is 6.92 Å². The van der Waals surface area contributed by atoms with E-state index in [1.54, 1.807) is 37.3 Å². The van der Waals surface area contributed by atoms with E-state index >= 15 is 0 Å². The van der Waals surface area contributed by atoms with Gasteiger partial charge in [0.2, 0.25) is 5.91 Å². The van der Waals surface area contributed by atoms with Gasteiger partial charge >= 0.3 is 5.97 Å². The zero-order valence-corrected chi connectivity index (χ0v) is 12.7. The van der Waals surface area contributed by atoms with Crippen LogP contribution >= 0.6 is 0 Å². The molecule has 2 aromatic carbocycles. The maximum Gasteiger partial charge on any atom is 0.314 e. The molecule has 2 rings (SSSR count). The lowest BCUT2D eigenvalue weighted by atomic mass is 9.79. The summed E-state index contributed by atoms with van der Waals surface area (Å²) in [5.41, 5.74) is 0.997. The number of hydrogen-bond acceptors (Lipinski definition) is 2. The van der Waals surface area contributed by atoms with Crippen LogP contribution in [0.2, 0.25) is 0 Å². The summed E-state index contributed by atoms with van der Waals surface area (Å²) >= 11 is 0. The number of para-hydroxylation sites is 1. The van der Waals surface area contributed by atoms with Crippen LogP contribution < -0.4 is 5.32 Å². The predicted octanol–water partition coefficient (Wildman–Crippen LogP) is 3.37. The Hall–Kier alpha value is -2.62. The molecule has 0 aliphatic heterocycles. The van der Waals surface area contributed by atoms with E-state index in [4.69, 9.17) is 0 Å². The molecular weight excluding hydrogens is 278 g/mol. The molecule has 2 aromatic rings. The van der Waals surface area contributed by atoms with Crippen LogP contribution in [0.5, 0.6) is 0 Å². The molecule has 114 valence electrons. The number of aliphatic carboxylic acids is 1. The molecule has 2 N–H and O–H groups in total. The van der Waals surface area contributed by atoms with Gasteiger partial charge in [0.15, 0.2) is 0 Å². The van der Waals surface area contributed by atoms with E-state index in [0.29, 0.717) is 11.3 Å². The molecule has 22 heavy (non-hydrogen) atoms. The standard InChI is InChI=1S/C18H19NO3/c1-13-8-6-7-11-15(13)19-16(20)12-18(2,17(21)22)14-9-4-3-5-10-14/h3-11H,12H2,1-2H3,(H,19,20)(H,21,22). The van der Waals surface area contributed by atoms with E-state index in [1.807, 2.05) is 31.2 Å². The fourth-order valence-electron chi connectivity index (χ4n) is 2.34. The van der Waals surface area contributed by atoms with Crippen molar-refractivity contribution in [3.05, 3.63) is 65.7 Å². The molecule has 0 fully saturated rings. The van der Waals surface area contributed by atoms with E-state index in [-0.39, 0.29) is 12.3 Å². The first-order chi connectivity index (χ1) is 10.4. The van der Waals surface area contributed by atoms with Crippen molar-refractivity contribution >= 4 is 17.6 Å². The van der Waals surface area contributed by atoms with Crippen LogP contribution in [0.15, 0.2) is 54.6 Å².